The van der Waals surface area contributed by atoms with Gasteiger partial charge in [-0.05, 0) is 12.8 Å². The molecule has 4 atom stereocenters. The highest BCUT2D eigenvalue weighted by molar-refractivity contribution is 5.83. The van der Waals surface area contributed by atoms with Crippen molar-refractivity contribution >= 4 is 22.9 Å². The Morgan fingerprint density at radius 3 is 2.80 bits per heavy atom. The van der Waals surface area contributed by atoms with Crippen LogP contribution in [0.3, 0.4) is 0 Å². The lowest BCUT2D eigenvalue weighted by Gasteiger charge is -2.31. The van der Waals surface area contributed by atoms with E-state index in [2.05, 4.69) is 20.3 Å². The van der Waals surface area contributed by atoms with Gasteiger partial charge in [0.1, 0.15) is 30.2 Å². The number of carbonyl (C=O) groups excluding carboxylic acids is 1. The van der Waals surface area contributed by atoms with E-state index >= 15 is 0 Å². The van der Waals surface area contributed by atoms with E-state index < -0.39 is 36.6 Å². The first-order chi connectivity index (χ1) is 12.0. The van der Waals surface area contributed by atoms with Gasteiger partial charge < -0.3 is 26.0 Å². The van der Waals surface area contributed by atoms with Crippen molar-refractivity contribution in [3.63, 3.8) is 0 Å². The molecule has 1 aliphatic heterocycles. The molecule has 2 aromatic rings. The van der Waals surface area contributed by atoms with Crippen LogP contribution in [0.2, 0.25) is 0 Å². The number of carbonyl (C=O) groups is 1. The monoisotopic (exact) mass is 352 g/mol. The number of fused-ring (bicyclic) bond motifs is 1. The van der Waals surface area contributed by atoms with Crippen LogP contribution in [0.5, 0.6) is 0 Å². The summed E-state index contributed by atoms with van der Waals surface area (Å²) in [5.41, 5.74) is 6.35. The van der Waals surface area contributed by atoms with Crippen LogP contribution in [0.1, 0.15) is 19.1 Å². The number of aliphatic hydroxyl groups is 2. The number of hydrogen-bond acceptors (Lipinski definition) is 8. The predicted molar refractivity (Wildman–Crippen MR) is 81.7 cm³/mol. The third-order valence-corrected chi connectivity index (χ3v) is 4.58. The summed E-state index contributed by atoms with van der Waals surface area (Å²) in [4.78, 5) is 24.2. The van der Waals surface area contributed by atoms with E-state index in [1.54, 1.807) is 0 Å². The Kier molecular flexibility index (Phi) is 3.78. The van der Waals surface area contributed by atoms with Gasteiger partial charge in [0.25, 0.3) is 5.91 Å². The molecule has 0 radical (unpaired) electrons. The van der Waals surface area contributed by atoms with Crippen molar-refractivity contribution in [3.05, 3.63) is 12.7 Å². The van der Waals surface area contributed by atoms with Crippen LogP contribution in [0.4, 0.5) is 10.2 Å². The van der Waals surface area contributed by atoms with Gasteiger partial charge >= 0.3 is 0 Å². The molecule has 5 N–H and O–H groups in total. The van der Waals surface area contributed by atoms with Crippen molar-refractivity contribution in [3.8, 4) is 0 Å². The van der Waals surface area contributed by atoms with Crippen LogP contribution in [-0.2, 0) is 9.53 Å². The summed E-state index contributed by atoms with van der Waals surface area (Å²) in [5, 5.41) is 23.1. The van der Waals surface area contributed by atoms with Crippen molar-refractivity contribution in [2.24, 2.45) is 0 Å². The van der Waals surface area contributed by atoms with E-state index in [0.29, 0.717) is 11.2 Å². The smallest absolute Gasteiger partial charge is 0.252 e. The van der Waals surface area contributed by atoms with Gasteiger partial charge in [0.05, 0.1) is 6.33 Å². The number of alkyl halides is 1. The summed E-state index contributed by atoms with van der Waals surface area (Å²) >= 11 is 0. The molecule has 3 heterocycles. The van der Waals surface area contributed by atoms with E-state index in [-0.39, 0.29) is 24.7 Å². The molecule has 1 aliphatic carbocycles. The Morgan fingerprint density at radius 2 is 2.08 bits per heavy atom. The average Bonchev–Trinajstić information content (AvgIpc) is 3.09. The zero-order chi connectivity index (χ0) is 17.7. The lowest BCUT2D eigenvalue weighted by Crippen LogP contribution is -2.51. The first kappa shape index (κ1) is 16.1. The molecule has 0 spiro atoms. The molecule has 2 fully saturated rings. The summed E-state index contributed by atoms with van der Waals surface area (Å²) in [5.74, 6) is -0.429. The number of hydrogen-bond donors (Lipinski definition) is 4. The minimum atomic E-state index is -1.44. The topological polar surface area (TPSA) is 148 Å². The quantitative estimate of drug-likeness (QED) is 0.529. The van der Waals surface area contributed by atoms with Crippen molar-refractivity contribution < 1.29 is 24.1 Å². The summed E-state index contributed by atoms with van der Waals surface area (Å²) in [6.45, 7) is 0. The molecular formula is C14H17FN6O4. The van der Waals surface area contributed by atoms with Gasteiger partial charge in [-0.2, -0.15) is 0 Å². The Hall–Kier alpha value is -2.37. The molecular weight excluding hydrogens is 335 g/mol. The Balaban J connectivity index is 1.55. The SMILES string of the molecule is Nc1ncnc2c1ncn2[C@@H]1O[C@H](C(=O)NC2CC(F)C2)[C@@H](O)[C@H]1O. The van der Waals surface area contributed by atoms with Crippen LogP contribution in [0.15, 0.2) is 12.7 Å². The number of rotatable bonds is 3. The number of aliphatic hydroxyl groups excluding tert-OH is 2. The number of amides is 1. The molecule has 4 rings (SSSR count). The summed E-state index contributed by atoms with van der Waals surface area (Å²) in [6.07, 6.45) is -3.03. The van der Waals surface area contributed by atoms with Crippen LogP contribution in [0.25, 0.3) is 11.2 Å². The first-order valence-corrected chi connectivity index (χ1v) is 7.84. The minimum Gasteiger partial charge on any atom is -0.387 e. The number of halogens is 1. The fraction of sp³-hybridized carbons (Fsp3) is 0.571. The second-order valence-electron chi connectivity index (χ2n) is 6.29. The number of nitrogens with one attached hydrogen (secondary N) is 1. The fourth-order valence-corrected chi connectivity index (χ4v) is 3.11. The largest absolute Gasteiger partial charge is 0.387 e. The highest BCUT2D eigenvalue weighted by atomic mass is 19.1. The van der Waals surface area contributed by atoms with Gasteiger partial charge in [-0.15, -0.1) is 0 Å². The van der Waals surface area contributed by atoms with Crippen molar-refractivity contribution in [1.29, 1.82) is 0 Å². The molecule has 25 heavy (non-hydrogen) atoms. The number of nitrogens with zero attached hydrogens (tertiary/aromatic N) is 4. The molecule has 2 aromatic heterocycles. The van der Waals surface area contributed by atoms with Crippen molar-refractivity contribution in [2.75, 3.05) is 5.73 Å². The van der Waals surface area contributed by atoms with E-state index in [9.17, 15) is 19.4 Å². The highest BCUT2D eigenvalue weighted by Crippen LogP contribution is 2.32. The van der Waals surface area contributed by atoms with Crippen LogP contribution < -0.4 is 11.1 Å². The predicted octanol–water partition coefficient (Wildman–Crippen LogP) is -1.36. The highest BCUT2D eigenvalue weighted by Gasteiger charge is 2.48. The third-order valence-electron chi connectivity index (χ3n) is 4.58. The Labute approximate surface area is 140 Å². The molecule has 1 saturated heterocycles. The van der Waals surface area contributed by atoms with Crippen LogP contribution in [-0.4, -0.2) is 66.2 Å². The van der Waals surface area contributed by atoms with Gasteiger partial charge in [-0.25, -0.2) is 19.3 Å². The van der Waals surface area contributed by atoms with E-state index in [0.717, 1.165) is 0 Å². The molecule has 0 unspecified atom stereocenters. The van der Waals surface area contributed by atoms with Crippen molar-refractivity contribution in [2.45, 2.75) is 49.6 Å². The first-order valence-electron chi connectivity index (χ1n) is 7.84. The van der Waals surface area contributed by atoms with E-state index in [1.807, 2.05) is 0 Å². The Morgan fingerprint density at radius 1 is 1.32 bits per heavy atom. The van der Waals surface area contributed by atoms with E-state index in [4.69, 9.17) is 10.5 Å². The maximum absolute atomic E-state index is 12.9. The molecule has 134 valence electrons. The zero-order valence-electron chi connectivity index (χ0n) is 13.0. The second kappa shape index (κ2) is 5.86. The molecule has 1 amide bonds. The van der Waals surface area contributed by atoms with Gasteiger partial charge in [-0.3, -0.25) is 9.36 Å². The lowest BCUT2D eigenvalue weighted by atomic mass is 9.90. The third kappa shape index (κ3) is 2.60. The number of aromatic nitrogens is 4. The number of ether oxygens (including phenoxy) is 1. The molecule has 1 saturated carbocycles. The van der Waals surface area contributed by atoms with Gasteiger partial charge in [0.2, 0.25) is 0 Å². The molecule has 10 nitrogen and oxygen atoms in total. The molecule has 11 heteroatoms. The zero-order valence-corrected chi connectivity index (χ0v) is 13.0. The molecule has 0 aromatic carbocycles. The normalized spacial score (nSPS) is 34.8. The van der Waals surface area contributed by atoms with E-state index in [1.165, 1.54) is 17.2 Å². The summed E-state index contributed by atoms with van der Waals surface area (Å²) in [6, 6.07) is -0.281. The maximum Gasteiger partial charge on any atom is 0.252 e. The second-order valence-corrected chi connectivity index (χ2v) is 6.29. The summed E-state index contributed by atoms with van der Waals surface area (Å²) < 4.78 is 19.8. The molecule has 2 aliphatic rings. The number of nitrogen functional groups attached to an aromatic ring is 1. The molecule has 0 bridgehead atoms. The van der Waals surface area contributed by atoms with Crippen LogP contribution in [0, 0.1) is 0 Å². The van der Waals surface area contributed by atoms with Gasteiger partial charge in [0.15, 0.2) is 23.8 Å². The Bertz CT molecular complexity index is 810. The maximum atomic E-state index is 12.9. The fourth-order valence-electron chi connectivity index (χ4n) is 3.11. The number of anilines is 1. The lowest BCUT2D eigenvalue weighted by molar-refractivity contribution is -0.139. The number of imidazole rings is 1. The standard InChI is InChI=1S/C14H17FN6O4/c15-5-1-6(2-5)20-13(24)10-8(22)9(23)14(25-10)21-4-19-7-11(16)17-3-18-12(7)21/h3-6,8-10,14,22-23H,1-2H2,(H,20,24)(H2,16,17,18)/t5?,6?,8-,9+,10-,14+/m0/s1. The minimum absolute atomic E-state index is 0.164. The average molecular weight is 352 g/mol. The van der Waals surface area contributed by atoms with Gasteiger partial charge in [0, 0.05) is 6.04 Å². The van der Waals surface area contributed by atoms with Gasteiger partial charge in [-0.1, -0.05) is 0 Å². The van der Waals surface area contributed by atoms with Crippen LogP contribution >= 0.6 is 0 Å². The van der Waals surface area contributed by atoms with Crippen molar-refractivity contribution in [1.82, 2.24) is 24.8 Å². The number of nitrogens with two attached hydrogens (primary N) is 1. The summed E-state index contributed by atoms with van der Waals surface area (Å²) in [7, 11) is 0.